The Balaban J connectivity index is 1.71. The average Bonchev–Trinajstić information content (AvgIpc) is 2.94. The molecule has 0 N–H and O–H groups in total. The number of para-hydroxylation sites is 1. The monoisotopic (exact) mass is 350 g/mol. The van der Waals surface area contributed by atoms with Crippen LogP contribution >= 0.6 is 0 Å². The van der Waals surface area contributed by atoms with Crippen LogP contribution < -0.4 is 4.73 Å². The lowest BCUT2D eigenvalue weighted by molar-refractivity contribution is -0.620. The summed E-state index contributed by atoms with van der Waals surface area (Å²) in [7, 11) is 0. The Kier molecular flexibility index (Phi) is 5.07. The van der Waals surface area contributed by atoms with E-state index in [2.05, 4.69) is 10.1 Å². The van der Waals surface area contributed by atoms with Gasteiger partial charge in [0.05, 0.1) is 17.6 Å². The molecular formula is C19H18N4O3. The smallest absolute Gasteiger partial charge is 0.339 e. The number of carbonyl (C=O) groups is 1. The molecule has 0 saturated carbocycles. The molecule has 0 saturated heterocycles. The van der Waals surface area contributed by atoms with Crippen LogP contribution in [0.2, 0.25) is 0 Å². The fraction of sp³-hybridized carbons (Fsp3) is 0.158. The van der Waals surface area contributed by atoms with Crippen molar-refractivity contribution in [2.45, 2.75) is 20.5 Å². The van der Waals surface area contributed by atoms with Gasteiger partial charge in [-0.15, -0.1) is 0 Å². The molecule has 26 heavy (non-hydrogen) atoms. The first-order chi connectivity index (χ1) is 12.6. The maximum atomic E-state index is 11.9. The highest BCUT2D eigenvalue weighted by atomic mass is 16.5. The second-order valence-electron chi connectivity index (χ2n) is 5.63. The van der Waals surface area contributed by atoms with Crippen molar-refractivity contribution in [2.75, 3.05) is 0 Å². The van der Waals surface area contributed by atoms with E-state index in [1.54, 1.807) is 6.08 Å². The van der Waals surface area contributed by atoms with Gasteiger partial charge in [0, 0.05) is 23.4 Å². The molecule has 132 valence electrons. The summed E-state index contributed by atoms with van der Waals surface area (Å²) in [5.41, 5.74) is 3.52. The van der Waals surface area contributed by atoms with E-state index in [9.17, 15) is 10.0 Å². The Bertz CT molecular complexity index is 949. The van der Waals surface area contributed by atoms with E-state index in [0.29, 0.717) is 4.73 Å². The third-order valence-electron chi connectivity index (χ3n) is 3.86. The Hall–Kier alpha value is -3.48. The van der Waals surface area contributed by atoms with Gasteiger partial charge >= 0.3 is 11.8 Å². The summed E-state index contributed by atoms with van der Waals surface area (Å²) in [6, 6.07) is 11.3. The van der Waals surface area contributed by atoms with Crippen molar-refractivity contribution in [3.8, 4) is 5.69 Å². The first-order valence-corrected chi connectivity index (χ1v) is 8.06. The predicted octanol–water partition coefficient (Wildman–Crippen LogP) is 2.27. The average molecular weight is 350 g/mol. The van der Waals surface area contributed by atoms with Crippen molar-refractivity contribution >= 4 is 12.0 Å². The molecule has 7 heteroatoms. The van der Waals surface area contributed by atoms with E-state index in [1.165, 1.54) is 24.5 Å². The number of nitrogens with zero attached hydrogens (tertiary/aromatic N) is 4. The molecule has 1 aromatic carbocycles. The minimum Gasteiger partial charge on any atom is -0.711 e. The van der Waals surface area contributed by atoms with Gasteiger partial charge in [0.15, 0.2) is 6.61 Å². The van der Waals surface area contributed by atoms with E-state index in [4.69, 9.17) is 4.74 Å². The topological polar surface area (TPSA) is 84.0 Å². The molecule has 2 aromatic heterocycles. The lowest BCUT2D eigenvalue weighted by Crippen LogP contribution is -2.33. The molecule has 0 aliphatic rings. The number of ether oxygens (including phenoxy) is 1. The summed E-state index contributed by atoms with van der Waals surface area (Å²) in [5.74, 6) is -0.430. The van der Waals surface area contributed by atoms with Crippen LogP contribution in [0.1, 0.15) is 22.8 Å². The van der Waals surface area contributed by atoms with Gasteiger partial charge < -0.3 is 9.94 Å². The minimum absolute atomic E-state index is 0.124. The van der Waals surface area contributed by atoms with Gasteiger partial charge in [0.1, 0.15) is 6.20 Å². The predicted molar refractivity (Wildman–Crippen MR) is 95.1 cm³/mol. The van der Waals surface area contributed by atoms with Gasteiger partial charge in [0.2, 0.25) is 0 Å². The normalized spacial score (nSPS) is 11.0. The molecular weight excluding hydrogens is 332 g/mol. The fourth-order valence-electron chi connectivity index (χ4n) is 2.54. The summed E-state index contributed by atoms with van der Waals surface area (Å²) in [4.78, 5) is 15.8. The summed E-state index contributed by atoms with van der Waals surface area (Å²) in [6.45, 7) is 3.63. The Labute approximate surface area is 150 Å². The molecule has 0 aliphatic heterocycles. The number of aryl methyl sites for hydroxylation is 1. The highest BCUT2D eigenvalue weighted by Crippen LogP contribution is 2.19. The van der Waals surface area contributed by atoms with Gasteiger partial charge in [-0.05, 0) is 37.0 Å². The zero-order valence-corrected chi connectivity index (χ0v) is 14.5. The highest BCUT2D eigenvalue weighted by Gasteiger charge is 2.12. The van der Waals surface area contributed by atoms with Gasteiger partial charge in [-0.1, -0.05) is 18.2 Å². The molecule has 2 heterocycles. The van der Waals surface area contributed by atoms with Crippen LogP contribution in [0.15, 0.2) is 54.9 Å². The van der Waals surface area contributed by atoms with Crippen LogP contribution in [0.25, 0.3) is 11.8 Å². The van der Waals surface area contributed by atoms with Crippen LogP contribution in [0, 0.1) is 19.1 Å². The van der Waals surface area contributed by atoms with E-state index >= 15 is 0 Å². The van der Waals surface area contributed by atoms with Crippen LogP contribution in [-0.2, 0) is 16.1 Å². The van der Waals surface area contributed by atoms with Crippen molar-refractivity contribution in [3.05, 3.63) is 82.9 Å². The van der Waals surface area contributed by atoms with E-state index in [0.717, 1.165) is 22.6 Å². The van der Waals surface area contributed by atoms with E-state index in [1.807, 2.05) is 48.9 Å². The lowest BCUT2D eigenvalue weighted by Gasteiger charge is -2.04. The first-order valence-electron chi connectivity index (χ1n) is 8.06. The number of aromatic nitrogens is 4. The van der Waals surface area contributed by atoms with Crippen LogP contribution in [0.4, 0.5) is 0 Å². The van der Waals surface area contributed by atoms with Crippen molar-refractivity contribution in [1.82, 2.24) is 14.8 Å². The Morgan fingerprint density at radius 1 is 1.27 bits per heavy atom. The number of esters is 1. The number of benzene rings is 1. The zero-order chi connectivity index (χ0) is 18.5. The number of hydrogen-bond acceptors (Lipinski definition) is 5. The Morgan fingerprint density at radius 2 is 2.04 bits per heavy atom. The quantitative estimate of drug-likeness (QED) is 0.305. The SMILES string of the molecule is Cc1nn(-c2ccccc2)c(C)c1/C=C\C(=O)OCc1nccc[n+]1[O-]. The second-order valence-corrected chi connectivity index (χ2v) is 5.63. The van der Waals surface area contributed by atoms with Crippen molar-refractivity contribution in [1.29, 1.82) is 0 Å². The number of hydrogen-bond donors (Lipinski definition) is 0. The molecule has 0 bridgehead atoms. The van der Waals surface area contributed by atoms with Crippen LogP contribution in [0.3, 0.4) is 0 Å². The van der Waals surface area contributed by atoms with Gasteiger partial charge in [-0.3, -0.25) is 0 Å². The maximum Gasteiger partial charge on any atom is 0.339 e. The molecule has 7 nitrogen and oxygen atoms in total. The van der Waals surface area contributed by atoms with Gasteiger partial charge in [-0.25, -0.2) is 14.2 Å². The molecule has 3 aromatic rings. The van der Waals surface area contributed by atoms with Gasteiger partial charge in [-0.2, -0.15) is 5.10 Å². The molecule has 0 radical (unpaired) electrons. The summed E-state index contributed by atoms with van der Waals surface area (Å²) >= 11 is 0. The molecule has 0 unspecified atom stereocenters. The molecule has 0 fully saturated rings. The standard InChI is InChI=1S/C19H18N4O3/c1-14-17(15(2)23(21-14)16-7-4-3-5-8-16)9-10-19(24)26-13-18-20-11-6-12-22(18)25/h3-12H,13H2,1-2H3/b10-9-. The van der Waals surface area contributed by atoms with E-state index < -0.39 is 5.97 Å². The van der Waals surface area contributed by atoms with Gasteiger partial charge in [0.25, 0.3) is 0 Å². The summed E-state index contributed by atoms with van der Waals surface area (Å²) in [5, 5.41) is 16.0. The number of rotatable bonds is 5. The Morgan fingerprint density at radius 3 is 2.77 bits per heavy atom. The molecule has 0 aliphatic carbocycles. The van der Waals surface area contributed by atoms with Crippen molar-refractivity contribution in [2.24, 2.45) is 0 Å². The van der Waals surface area contributed by atoms with Crippen molar-refractivity contribution < 1.29 is 14.3 Å². The largest absolute Gasteiger partial charge is 0.711 e. The maximum absolute atomic E-state index is 11.9. The second kappa shape index (κ2) is 7.60. The molecule has 0 atom stereocenters. The first kappa shape index (κ1) is 17.3. The minimum atomic E-state index is -0.554. The summed E-state index contributed by atoms with van der Waals surface area (Å²) in [6.07, 6.45) is 5.77. The zero-order valence-electron chi connectivity index (χ0n) is 14.5. The van der Waals surface area contributed by atoms with Crippen LogP contribution in [0.5, 0.6) is 0 Å². The fourth-order valence-corrected chi connectivity index (χ4v) is 2.54. The van der Waals surface area contributed by atoms with Crippen LogP contribution in [-0.4, -0.2) is 20.7 Å². The van der Waals surface area contributed by atoms with Crippen molar-refractivity contribution in [3.63, 3.8) is 0 Å². The molecule has 0 spiro atoms. The third kappa shape index (κ3) is 3.77. The number of carbonyl (C=O) groups excluding carboxylic acids is 1. The highest BCUT2D eigenvalue weighted by molar-refractivity contribution is 5.87. The third-order valence-corrected chi connectivity index (χ3v) is 3.86. The summed E-state index contributed by atoms with van der Waals surface area (Å²) < 4.78 is 7.46. The molecule has 0 amide bonds. The lowest BCUT2D eigenvalue weighted by atomic mass is 10.2. The molecule has 3 rings (SSSR count). The van der Waals surface area contributed by atoms with E-state index in [-0.39, 0.29) is 12.4 Å².